The Morgan fingerprint density at radius 3 is 2.38 bits per heavy atom. The average molecular weight is 266 g/mol. The van der Waals surface area contributed by atoms with Gasteiger partial charge in [-0.2, -0.15) is 0 Å². The molecule has 1 rings (SSSR count). The number of methoxy groups -OCH3 is 1. The van der Waals surface area contributed by atoms with E-state index in [4.69, 9.17) is 23.2 Å². The number of hydrogen-bond donors (Lipinski definition) is 1. The van der Waals surface area contributed by atoms with Gasteiger partial charge in [-0.05, 0) is 19.1 Å². The van der Waals surface area contributed by atoms with Crippen molar-refractivity contribution in [1.29, 1.82) is 0 Å². The van der Waals surface area contributed by atoms with Crippen LogP contribution in [-0.2, 0) is 9.53 Å². The highest BCUT2D eigenvalue weighted by molar-refractivity contribution is 6.39. The molecule has 16 heavy (non-hydrogen) atoms. The molecule has 6 heteroatoms. The Bertz CT molecular complexity index is 389. The summed E-state index contributed by atoms with van der Waals surface area (Å²) >= 11 is 11.6. The second kappa shape index (κ2) is 5.37. The van der Waals surface area contributed by atoms with Gasteiger partial charge in [0.05, 0.1) is 22.8 Å². The Kier molecular flexibility index (Phi) is 4.38. The van der Waals surface area contributed by atoms with Gasteiger partial charge in [-0.1, -0.05) is 23.2 Å². The Labute approximate surface area is 102 Å². The standard InChI is InChI=1S/C10H10Cl2FNO2/c1-5(10(15)16-2)14-9-7(11)3-6(13)4-8(9)12/h3-5,14H,1-2H3. The van der Waals surface area contributed by atoms with Gasteiger partial charge >= 0.3 is 5.97 Å². The summed E-state index contributed by atoms with van der Waals surface area (Å²) in [6.45, 7) is 1.59. The lowest BCUT2D eigenvalue weighted by atomic mass is 10.2. The van der Waals surface area contributed by atoms with E-state index in [0.29, 0.717) is 5.69 Å². The molecule has 1 aromatic rings. The summed E-state index contributed by atoms with van der Waals surface area (Å²) in [7, 11) is 1.27. The summed E-state index contributed by atoms with van der Waals surface area (Å²) in [6.07, 6.45) is 0. The highest BCUT2D eigenvalue weighted by atomic mass is 35.5. The van der Waals surface area contributed by atoms with E-state index in [0.717, 1.165) is 12.1 Å². The normalized spacial score (nSPS) is 12.1. The van der Waals surface area contributed by atoms with Gasteiger partial charge in [0, 0.05) is 0 Å². The molecule has 0 aliphatic carbocycles. The third kappa shape index (κ3) is 3.00. The number of benzene rings is 1. The number of anilines is 1. The molecule has 1 aromatic carbocycles. The van der Waals surface area contributed by atoms with Gasteiger partial charge in [0.1, 0.15) is 11.9 Å². The van der Waals surface area contributed by atoms with Crippen LogP contribution in [0.2, 0.25) is 10.0 Å². The smallest absolute Gasteiger partial charge is 0.327 e. The molecule has 0 spiro atoms. The largest absolute Gasteiger partial charge is 0.467 e. The number of rotatable bonds is 3. The highest BCUT2D eigenvalue weighted by Crippen LogP contribution is 2.31. The topological polar surface area (TPSA) is 38.3 Å². The number of nitrogens with one attached hydrogen (secondary N) is 1. The van der Waals surface area contributed by atoms with Crippen LogP contribution in [0, 0.1) is 5.82 Å². The van der Waals surface area contributed by atoms with E-state index in [9.17, 15) is 9.18 Å². The zero-order valence-electron chi connectivity index (χ0n) is 8.68. The summed E-state index contributed by atoms with van der Waals surface area (Å²) in [5.74, 6) is -0.997. The van der Waals surface area contributed by atoms with Crippen molar-refractivity contribution in [2.24, 2.45) is 0 Å². The molecule has 1 unspecified atom stereocenters. The van der Waals surface area contributed by atoms with Crippen molar-refractivity contribution < 1.29 is 13.9 Å². The van der Waals surface area contributed by atoms with Gasteiger partial charge in [-0.15, -0.1) is 0 Å². The minimum atomic E-state index is -0.620. The van der Waals surface area contributed by atoms with E-state index < -0.39 is 17.8 Å². The molecular weight excluding hydrogens is 256 g/mol. The quantitative estimate of drug-likeness (QED) is 0.854. The molecule has 0 aliphatic rings. The minimum Gasteiger partial charge on any atom is -0.467 e. The minimum absolute atomic E-state index is 0.112. The van der Waals surface area contributed by atoms with Crippen LogP contribution in [0.25, 0.3) is 0 Å². The van der Waals surface area contributed by atoms with Gasteiger partial charge in [-0.3, -0.25) is 0 Å². The lowest BCUT2D eigenvalue weighted by Crippen LogP contribution is -2.27. The number of carbonyl (C=O) groups excluding carboxylic acids is 1. The van der Waals surface area contributed by atoms with Gasteiger partial charge in [0.15, 0.2) is 0 Å². The van der Waals surface area contributed by atoms with Crippen molar-refractivity contribution in [2.75, 3.05) is 12.4 Å². The van der Waals surface area contributed by atoms with Crippen molar-refractivity contribution >= 4 is 34.9 Å². The molecule has 0 amide bonds. The monoisotopic (exact) mass is 265 g/mol. The molecule has 1 atom stereocenters. The van der Waals surface area contributed by atoms with Gasteiger partial charge in [0.25, 0.3) is 0 Å². The van der Waals surface area contributed by atoms with Crippen LogP contribution in [0.3, 0.4) is 0 Å². The second-order valence-corrected chi connectivity index (χ2v) is 3.95. The first-order valence-electron chi connectivity index (χ1n) is 4.44. The maximum atomic E-state index is 12.9. The fourth-order valence-corrected chi connectivity index (χ4v) is 1.70. The Morgan fingerprint density at radius 1 is 1.44 bits per heavy atom. The summed E-state index contributed by atoms with van der Waals surface area (Å²) in [4.78, 5) is 11.2. The summed E-state index contributed by atoms with van der Waals surface area (Å²) in [5.41, 5.74) is 0.308. The lowest BCUT2D eigenvalue weighted by Gasteiger charge is -2.15. The first-order chi connectivity index (χ1) is 7.45. The van der Waals surface area contributed by atoms with Crippen molar-refractivity contribution in [1.82, 2.24) is 0 Å². The predicted molar refractivity (Wildman–Crippen MR) is 61.5 cm³/mol. The van der Waals surface area contributed by atoms with Crippen LogP contribution in [0.15, 0.2) is 12.1 Å². The van der Waals surface area contributed by atoms with E-state index in [1.54, 1.807) is 6.92 Å². The molecule has 3 nitrogen and oxygen atoms in total. The Hall–Kier alpha value is -1.00. The molecule has 0 saturated heterocycles. The predicted octanol–water partition coefficient (Wildman–Crippen LogP) is 3.11. The third-order valence-electron chi connectivity index (χ3n) is 1.92. The van der Waals surface area contributed by atoms with Gasteiger partial charge in [-0.25, -0.2) is 9.18 Å². The van der Waals surface area contributed by atoms with Crippen molar-refractivity contribution in [3.8, 4) is 0 Å². The molecule has 0 aliphatic heterocycles. The first-order valence-corrected chi connectivity index (χ1v) is 5.20. The van der Waals surface area contributed by atoms with Gasteiger partial charge in [0.2, 0.25) is 0 Å². The number of ether oxygens (including phenoxy) is 1. The molecule has 0 aromatic heterocycles. The number of esters is 1. The maximum Gasteiger partial charge on any atom is 0.327 e. The zero-order valence-corrected chi connectivity index (χ0v) is 10.2. The fraction of sp³-hybridized carbons (Fsp3) is 0.300. The Balaban J connectivity index is 2.93. The molecule has 0 bridgehead atoms. The number of halogens is 3. The lowest BCUT2D eigenvalue weighted by molar-refractivity contribution is -0.141. The van der Waals surface area contributed by atoms with Crippen LogP contribution < -0.4 is 5.32 Å². The average Bonchev–Trinajstić information content (AvgIpc) is 2.21. The molecular formula is C10H10Cl2FNO2. The molecule has 0 fully saturated rings. The zero-order chi connectivity index (χ0) is 12.3. The fourth-order valence-electron chi connectivity index (χ4n) is 1.13. The van der Waals surface area contributed by atoms with Crippen LogP contribution in [0.4, 0.5) is 10.1 Å². The van der Waals surface area contributed by atoms with Crippen molar-refractivity contribution in [3.63, 3.8) is 0 Å². The summed E-state index contributed by atoms with van der Waals surface area (Å²) in [6, 6.07) is 1.60. The second-order valence-electron chi connectivity index (χ2n) is 3.13. The SMILES string of the molecule is COC(=O)C(C)Nc1c(Cl)cc(F)cc1Cl. The van der Waals surface area contributed by atoms with E-state index in [1.165, 1.54) is 7.11 Å². The molecule has 0 saturated carbocycles. The summed E-state index contributed by atoms with van der Waals surface area (Å²) < 4.78 is 17.4. The van der Waals surface area contributed by atoms with Gasteiger partial charge < -0.3 is 10.1 Å². The summed E-state index contributed by atoms with van der Waals surface area (Å²) in [5, 5.41) is 2.97. The first kappa shape index (κ1) is 13.1. The Morgan fingerprint density at radius 2 is 1.94 bits per heavy atom. The van der Waals surface area contributed by atoms with E-state index in [1.807, 2.05) is 0 Å². The molecule has 1 N–H and O–H groups in total. The van der Waals surface area contributed by atoms with Crippen LogP contribution in [0.1, 0.15) is 6.92 Å². The maximum absolute atomic E-state index is 12.9. The molecule has 0 heterocycles. The van der Waals surface area contributed by atoms with Crippen molar-refractivity contribution in [2.45, 2.75) is 13.0 Å². The van der Waals surface area contributed by atoms with E-state index >= 15 is 0 Å². The van der Waals surface area contributed by atoms with Crippen LogP contribution in [-0.4, -0.2) is 19.1 Å². The van der Waals surface area contributed by atoms with Crippen molar-refractivity contribution in [3.05, 3.63) is 28.0 Å². The highest BCUT2D eigenvalue weighted by Gasteiger charge is 2.16. The number of carbonyl (C=O) groups is 1. The molecule has 88 valence electrons. The van der Waals surface area contributed by atoms with E-state index in [2.05, 4.69) is 10.1 Å². The van der Waals surface area contributed by atoms with Crippen LogP contribution in [0.5, 0.6) is 0 Å². The van der Waals surface area contributed by atoms with E-state index in [-0.39, 0.29) is 10.0 Å². The van der Waals surface area contributed by atoms with Crippen LogP contribution >= 0.6 is 23.2 Å². The third-order valence-corrected chi connectivity index (χ3v) is 2.52. The number of hydrogen-bond acceptors (Lipinski definition) is 3. The molecule has 0 radical (unpaired) electrons.